The van der Waals surface area contributed by atoms with E-state index >= 15 is 0 Å². The van der Waals surface area contributed by atoms with Gasteiger partial charge in [-0.1, -0.05) is 42.5 Å². The van der Waals surface area contributed by atoms with Gasteiger partial charge in [-0.3, -0.25) is 4.90 Å². The van der Waals surface area contributed by atoms with Crippen molar-refractivity contribution in [2.75, 3.05) is 16.3 Å². The van der Waals surface area contributed by atoms with E-state index < -0.39 is 0 Å². The Morgan fingerprint density at radius 2 is 1.21 bits per heavy atom. The summed E-state index contributed by atoms with van der Waals surface area (Å²) in [6.07, 6.45) is 0. The Morgan fingerprint density at radius 1 is 0.647 bits per heavy atom. The monoisotopic (exact) mass is 444 g/mol. The minimum Gasteiger partial charge on any atom is -0.436 e. The van der Waals surface area contributed by atoms with Crippen molar-refractivity contribution in [3.63, 3.8) is 0 Å². The third-order valence-corrected chi connectivity index (χ3v) is 6.24. The second kappa shape index (κ2) is 7.22. The molecule has 0 N–H and O–H groups in total. The predicted octanol–water partition coefficient (Wildman–Crippen LogP) is 7.58. The van der Waals surface area contributed by atoms with Crippen LogP contribution < -0.4 is 9.80 Å². The van der Waals surface area contributed by atoms with Gasteiger partial charge in [-0.2, -0.15) is 4.98 Å². The number of fused-ring (bicyclic) bond motifs is 4. The third kappa shape index (κ3) is 2.75. The van der Waals surface area contributed by atoms with Gasteiger partial charge < -0.3 is 13.7 Å². The Kier molecular flexibility index (Phi) is 4.02. The normalized spacial score (nSPS) is 12.9. The summed E-state index contributed by atoms with van der Waals surface area (Å²) in [7, 11) is 0. The minimum atomic E-state index is 0.515. The molecule has 3 heterocycles. The summed E-state index contributed by atoms with van der Waals surface area (Å²) in [6.45, 7) is 3.02. The van der Waals surface area contributed by atoms with Crippen molar-refractivity contribution in [3.8, 4) is 11.5 Å². The second-order valence-corrected chi connectivity index (χ2v) is 8.23. The Balaban J connectivity index is 1.39. The van der Waals surface area contributed by atoms with Crippen molar-refractivity contribution < 1.29 is 8.83 Å². The second-order valence-electron chi connectivity index (χ2n) is 8.23. The van der Waals surface area contributed by atoms with Crippen LogP contribution in [0.25, 0.3) is 33.7 Å². The number of anilines is 5. The zero-order chi connectivity index (χ0) is 22.6. The van der Waals surface area contributed by atoms with Gasteiger partial charge in [-0.05, 0) is 43.3 Å². The molecule has 6 heteroatoms. The molecule has 0 atom stereocenters. The number of oxazole rings is 2. The summed E-state index contributed by atoms with van der Waals surface area (Å²) in [5.41, 5.74) is 8.06. The molecule has 0 aliphatic carbocycles. The summed E-state index contributed by atoms with van der Waals surface area (Å²) in [5.74, 6) is 0.585. The lowest BCUT2D eigenvalue weighted by atomic mass is 10.1. The first-order valence-corrected chi connectivity index (χ1v) is 11.3. The van der Waals surface area contributed by atoms with E-state index in [1.807, 2.05) is 54.6 Å². The van der Waals surface area contributed by atoms with Crippen LogP contribution in [0, 0.1) is 0 Å². The van der Waals surface area contributed by atoms with Gasteiger partial charge in [-0.15, -0.1) is 0 Å². The van der Waals surface area contributed by atoms with E-state index in [0.29, 0.717) is 23.1 Å². The third-order valence-electron chi connectivity index (χ3n) is 6.24. The van der Waals surface area contributed by atoms with Crippen molar-refractivity contribution in [2.24, 2.45) is 0 Å². The number of nitrogens with zero attached hydrogens (tertiary/aromatic N) is 4. The van der Waals surface area contributed by atoms with Crippen LogP contribution in [0.3, 0.4) is 0 Å². The molecule has 0 amide bonds. The molecule has 0 unspecified atom stereocenters. The summed E-state index contributed by atoms with van der Waals surface area (Å²) in [5, 5.41) is 0. The van der Waals surface area contributed by atoms with E-state index in [4.69, 9.17) is 13.8 Å². The molecule has 0 spiro atoms. The Morgan fingerprint density at radius 3 is 1.85 bits per heavy atom. The van der Waals surface area contributed by atoms with Crippen LogP contribution >= 0.6 is 0 Å². The largest absolute Gasteiger partial charge is 0.436 e. The lowest BCUT2D eigenvalue weighted by Gasteiger charge is -2.37. The highest BCUT2D eigenvalue weighted by molar-refractivity contribution is 5.98. The van der Waals surface area contributed by atoms with Gasteiger partial charge in [0.2, 0.25) is 5.89 Å². The maximum atomic E-state index is 6.33. The minimum absolute atomic E-state index is 0.515. The van der Waals surface area contributed by atoms with Crippen molar-refractivity contribution in [3.05, 3.63) is 91.0 Å². The molecule has 6 nitrogen and oxygen atoms in total. The number of para-hydroxylation sites is 4. The summed E-state index contributed by atoms with van der Waals surface area (Å²) < 4.78 is 12.4. The van der Waals surface area contributed by atoms with Gasteiger partial charge in [0, 0.05) is 24.2 Å². The van der Waals surface area contributed by atoms with E-state index in [0.717, 1.165) is 45.9 Å². The molecule has 1 aliphatic rings. The van der Waals surface area contributed by atoms with Gasteiger partial charge in [-0.25, -0.2) is 4.98 Å². The molecule has 1 aliphatic heterocycles. The van der Waals surface area contributed by atoms with Crippen LogP contribution in [0.1, 0.15) is 6.92 Å². The molecular formula is C28H20N4O2. The van der Waals surface area contributed by atoms with Crippen molar-refractivity contribution in [1.82, 2.24) is 9.97 Å². The number of benzene rings is 4. The van der Waals surface area contributed by atoms with Crippen LogP contribution in [0.4, 0.5) is 28.8 Å². The van der Waals surface area contributed by atoms with Crippen LogP contribution in [0.5, 0.6) is 0 Å². The zero-order valence-corrected chi connectivity index (χ0v) is 18.5. The molecule has 34 heavy (non-hydrogen) atoms. The lowest BCUT2D eigenvalue weighted by Crippen LogP contribution is -2.26. The fraction of sp³-hybridized carbons (Fsp3) is 0.0714. The SMILES string of the molecule is CCN1c2ccccc2N(c2nc3cc4oc(-c5ccccc5)nc4cc3o2)c2ccccc21. The van der Waals surface area contributed by atoms with Crippen LogP contribution in [0.2, 0.25) is 0 Å². The average molecular weight is 444 g/mol. The maximum absolute atomic E-state index is 6.33. The average Bonchev–Trinajstić information content (AvgIpc) is 3.49. The first-order chi connectivity index (χ1) is 16.8. The molecule has 0 fully saturated rings. The first kappa shape index (κ1) is 18.9. The quantitative estimate of drug-likeness (QED) is 0.280. The van der Waals surface area contributed by atoms with E-state index in [9.17, 15) is 0 Å². The van der Waals surface area contributed by atoms with E-state index in [2.05, 4.69) is 58.1 Å². The van der Waals surface area contributed by atoms with Gasteiger partial charge in [0.25, 0.3) is 0 Å². The van der Waals surface area contributed by atoms with E-state index in [1.165, 1.54) is 0 Å². The molecule has 0 saturated heterocycles. The highest BCUT2D eigenvalue weighted by Crippen LogP contribution is 2.51. The first-order valence-electron chi connectivity index (χ1n) is 11.3. The molecule has 0 bridgehead atoms. The van der Waals surface area contributed by atoms with Crippen LogP contribution in [-0.2, 0) is 0 Å². The topological polar surface area (TPSA) is 58.5 Å². The van der Waals surface area contributed by atoms with Gasteiger partial charge in [0.1, 0.15) is 11.0 Å². The molecular weight excluding hydrogens is 424 g/mol. The predicted molar refractivity (Wildman–Crippen MR) is 134 cm³/mol. The molecule has 0 saturated carbocycles. The number of hydrogen-bond acceptors (Lipinski definition) is 6. The fourth-order valence-corrected chi connectivity index (χ4v) is 4.71. The van der Waals surface area contributed by atoms with Crippen molar-refractivity contribution in [2.45, 2.75) is 6.92 Å². The number of aromatic nitrogens is 2. The summed E-state index contributed by atoms with van der Waals surface area (Å²) in [6, 6.07) is 30.9. The summed E-state index contributed by atoms with van der Waals surface area (Å²) in [4.78, 5) is 13.9. The van der Waals surface area contributed by atoms with E-state index in [-0.39, 0.29) is 0 Å². The molecule has 2 aromatic heterocycles. The fourth-order valence-electron chi connectivity index (χ4n) is 4.71. The van der Waals surface area contributed by atoms with Gasteiger partial charge in [0.15, 0.2) is 11.2 Å². The summed E-state index contributed by atoms with van der Waals surface area (Å²) >= 11 is 0. The Bertz CT molecular complexity index is 1570. The standard InChI is InChI=1S/C28H20N4O2/c1-2-31-21-12-6-8-14-23(21)32(24-15-9-7-13-22(24)31)28-30-20-17-25-19(16-26(20)34-28)29-27(33-25)18-10-4-3-5-11-18/h3-17H,2H2,1H3. The smallest absolute Gasteiger partial charge is 0.307 e. The van der Waals surface area contributed by atoms with Gasteiger partial charge >= 0.3 is 6.01 Å². The molecule has 4 aromatic carbocycles. The number of hydrogen-bond donors (Lipinski definition) is 0. The maximum Gasteiger partial charge on any atom is 0.307 e. The van der Waals surface area contributed by atoms with Crippen molar-refractivity contribution in [1.29, 1.82) is 0 Å². The zero-order valence-electron chi connectivity index (χ0n) is 18.5. The van der Waals surface area contributed by atoms with E-state index in [1.54, 1.807) is 0 Å². The lowest BCUT2D eigenvalue weighted by molar-refractivity contribution is 0.607. The number of rotatable bonds is 3. The van der Waals surface area contributed by atoms with Crippen LogP contribution in [0.15, 0.2) is 99.8 Å². The molecule has 7 rings (SSSR count). The Hall–Kier alpha value is -4.58. The molecule has 0 radical (unpaired) electrons. The highest BCUT2D eigenvalue weighted by atomic mass is 16.4. The van der Waals surface area contributed by atoms with Crippen LogP contribution in [-0.4, -0.2) is 16.5 Å². The Labute approximate surface area is 195 Å². The van der Waals surface area contributed by atoms with Crippen molar-refractivity contribution >= 4 is 51.0 Å². The molecule has 6 aromatic rings. The highest BCUT2D eigenvalue weighted by Gasteiger charge is 2.31. The van der Waals surface area contributed by atoms with Gasteiger partial charge in [0.05, 0.1) is 22.7 Å². The molecule has 164 valence electrons.